The summed E-state index contributed by atoms with van der Waals surface area (Å²) in [4.78, 5) is 4.17. The van der Waals surface area contributed by atoms with Crippen LogP contribution in [0.4, 0.5) is 0 Å². The smallest absolute Gasteiger partial charge is 0.171 e. The van der Waals surface area contributed by atoms with Gasteiger partial charge in [0.25, 0.3) is 0 Å². The summed E-state index contributed by atoms with van der Waals surface area (Å²) in [6.07, 6.45) is 3.61. The molecule has 1 aliphatic rings. The number of aryl methyl sites for hydroxylation is 1. The van der Waals surface area contributed by atoms with Crippen molar-refractivity contribution in [1.82, 2.24) is 10.3 Å². The molecule has 2 heterocycles. The molecule has 1 aliphatic heterocycles. The van der Waals surface area contributed by atoms with Crippen LogP contribution in [0.3, 0.4) is 0 Å². The van der Waals surface area contributed by atoms with Crippen LogP contribution in [0, 0.1) is 12.8 Å². The third-order valence-corrected chi connectivity index (χ3v) is 3.47. The highest BCUT2D eigenvalue weighted by molar-refractivity contribution is 6.30. The van der Waals surface area contributed by atoms with Gasteiger partial charge in [-0.1, -0.05) is 11.6 Å². The van der Waals surface area contributed by atoms with Gasteiger partial charge in [-0.15, -0.1) is 0 Å². The van der Waals surface area contributed by atoms with Crippen molar-refractivity contribution in [2.75, 3.05) is 19.7 Å². The summed E-state index contributed by atoms with van der Waals surface area (Å²) in [5, 5.41) is 3.83. The minimum Gasteiger partial charge on any atom is -0.490 e. The fourth-order valence-electron chi connectivity index (χ4n) is 2.13. The highest BCUT2D eigenvalue weighted by Gasteiger charge is 2.13. The molecular weight excluding hydrogens is 236 g/mol. The minimum atomic E-state index is 0.468. The topological polar surface area (TPSA) is 34.1 Å². The summed E-state index contributed by atoms with van der Waals surface area (Å²) in [6, 6.07) is 3.82. The molecule has 0 unspecified atom stereocenters. The summed E-state index contributed by atoms with van der Waals surface area (Å²) in [5.74, 6) is 1.49. The largest absolute Gasteiger partial charge is 0.490 e. The molecule has 1 N–H and O–H groups in total. The van der Waals surface area contributed by atoms with Crippen LogP contribution in [0.15, 0.2) is 12.1 Å². The van der Waals surface area contributed by atoms with Crippen LogP contribution >= 0.6 is 11.6 Å². The molecule has 3 nitrogen and oxygen atoms in total. The van der Waals surface area contributed by atoms with Crippen molar-refractivity contribution >= 4 is 11.6 Å². The molecule has 2 rings (SSSR count). The first-order valence-electron chi connectivity index (χ1n) is 6.22. The Hall–Kier alpha value is -0.800. The Morgan fingerprint density at radius 2 is 2.18 bits per heavy atom. The van der Waals surface area contributed by atoms with Crippen molar-refractivity contribution in [3.8, 4) is 5.75 Å². The van der Waals surface area contributed by atoms with Crippen LogP contribution in [0.5, 0.6) is 5.75 Å². The van der Waals surface area contributed by atoms with E-state index in [9.17, 15) is 0 Å². The third-order valence-electron chi connectivity index (χ3n) is 3.20. The molecule has 0 spiro atoms. The van der Waals surface area contributed by atoms with Crippen molar-refractivity contribution < 1.29 is 4.74 Å². The predicted molar refractivity (Wildman–Crippen MR) is 69.7 cm³/mol. The Balaban J connectivity index is 1.77. The molecule has 0 bridgehead atoms. The van der Waals surface area contributed by atoms with Crippen LogP contribution < -0.4 is 10.1 Å². The Kier molecular flexibility index (Phi) is 4.63. The molecule has 1 fully saturated rings. The number of piperidine rings is 1. The van der Waals surface area contributed by atoms with Gasteiger partial charge in [0.15, 0.2) is 10.9 Å². The summed E-state index contributed by atoms with van der Waals surface area (Å²) >= 11 is 6.00. The lowest BCUT2D eigenvalue weighted by Gasteiger charge is -2.22. The molecule has 94 valence electrons. The van der Waals surface area contributed by atoms with E-state index in [1.54, 1.807) is 0 Å². The van der Waals surface area contributed by atoms with Gasteiger partial charge >= 0.3 is 0 Å². The van der Waals surface area contributed by atoms with Gasteiger partial charge in [0.2, 0.25) is 0 Å². The van der Waals surface area contributed by atoms with E-state index in [4.69, 9.17) is 16.3 Å². The fourth-order valence-corrected chi connectivity index (χ4v) is 2.38. The van der Waals surface area contributed by atoms with E-state index in [-0.39, 0.29) is 0 Å². The SMILES string of the molecule is Cc1ccc(OCCC2CCNCC2)c(Cl)n1. The highest BCUT2D eigenvalue weighted by atomic mass is 35.5. The Morgan fingerprint density at radius 1 is 1.41 bits per heavy atom. The van der Waals surface area contributed by atoms with Crippen LogP contribution in [0.25, 0.3) is 0 Å². The number of pyridine rings is 1. The Bertz CT molecular complexity index is 364. The standard InChI is InChI=1S/C13H19ClN2O/c1-10-2-3-12(13(14)16-10)17-9-6-11-4-7-15-8-5-11/h2-3,11,15H,4-9H2,1H3. The molecule has 17 heavy (non-hydrogen) atoms. The van der Waals surface area contributed by atoms with Crippen LogP contribution in [0.1, 0.15) is 25.0 Å². The summed E-state index contributed by atoms with van der Waals surface area (Å²) in [7, 11) is 0. The highest BCUT2D eigenvalue weighted by Crippen LogP contribution is 2.23. The van der Waals surface area contributed by atoms with Gasteiger partial charge in [0.1, 0.15) is 0 Å². The molecule has 4 heteroatoms. The lowest BCUT2D eigenvalue weighted by atomic mass is 9.95. The maximum atomic E-state index is 6.00. The number of hydrogen-bond donors (Lipinski definition) is 1. The lowest BCUT2D eigenvalue weighted by Crippen LogP contribution is -2.28. The van der Waals surface area contributed by atoms with Crippen molar-refractivity contribution in [2.45, 2.75) is 26.2 Å². The molecular formula is C13H19ClN2O. The van der Waals surface area contributed by atoms with Gasteiger partial charge < -0.3 is 10.1 Å². The molecule has 0 aliphatic carbocycles. The first-order valence-corrected chi connectivity index (χ1v) is 6.60. The third kappa shape index (κ3) is 3.86. The zero-order valence-corrected chi connectivity index (χ0v) is 11.0. The number of hydrogen-bond acceptors (Lipinski definition) is 3. The average molecular weight is 255 g/mol. The van der Waals surface area contributed by atoms with Gasteiger partial charge in [-0.3, -0.25) is 0 Å². The Labute approximate surface area is 108 Å². The number of rotatable bonds is 4. The maximum absolute atomic E-state index is 6.00. The molecule has 0 atom stereocenters. The van der Waals surface area contributed by atoms with Gasteiger partial charge in [-0.2, -0.15) is 0 Å². The van der Waals surface area contributed by atoms with Crippen molar-refractivity contribution in [2.24, 2.45) is 5.92 Å². The fraction of sp³-hybridized carbons (Fsp3) is 0.615. The average Bonchev–Trinajstić information content (AvgIpc) is 2.33. The monoisotopic (exact) mass is 254 g/mol. The summed E-state index contributed by atoms with van der Waals surface area (Å²) in [5.41, 5.74) is 0.917. The summed E-state index contributed by atoms with van der Waals surface area (Å²) in [6.45, 7) is 4.93. The number of nitrogens with zero attached hydrogens (tertiary/aromatic N) is 1. The second kappa shape index (κ2) is 6.22. The number of ether oxygens (including phenoxy) is 1. The van der Waals surface area contributed by atoms with Crippen molar-refractivity contribution in [1.29, 1.82) is 0 Å². The molecule has 0 radical (unpaired) electrons. The van der Waals surface area contributed by atoms with Gasteiger partial charge in [0.05, 0.1) is 6.61 Å². The first kappa shape index (κ1) is 12.7. The van der Waals surface area contributed by atoms with Crippen LogP contribution in [0.2, 0.25) is 5.15 Å². The quantitative estimate of drug-likeness (QED) is 0.839. The zero-order valence-electron chi connectivity index (χ0n) is 10.2. The van der Waals surface area contributed by atoms with E-state index >= 15 is 0 Å². The maximum Gasteiger partial charge on any atom is 0.171 e. The number of halogens is 1. The van der Waals surface area contributed by atoms with E-state index in [1.807, 2.05) is 19.1 Å². The second-order valence-corrected chi connectivity index (χ2v) is 4.93. The first-order chi connectivity index (χ1) is 8.25. The second-order valence-electron chi connectivity index (χ2n) is 4.57. The lowest BCUT2D eigenvalue weighted by molar-refractivity contribution is 0.251. The van der Waals surface area contributed by atoms with Crippen LogP contribution in [-0.4, -0.2) is 24.7 Å². The molecule has 1 aromatic heterocycles. The van der Waals surface area contributed by atoms with E-state index in [0.29, 0.717) is 10.9 Å². The van der Waals surface area contributed by atoms with Gasteiger partial charge in [-0.25, -0.2) is 4.98 Å². The molecule has 0 amide bonds. The van der Waals surface area contributed by atoms with E-state index in [1.165, 1.54) is 12.8 Å². The number of aromatic nitrogens is 1. The minimum absolute atomic E-state index is 0.468. The normalized spacial score (nSPS) is 17.1. The number of nitrogens with one attached hydrogen (secondary N) is 1. The zero-order chi connectivity index (χ0) is 12.1. The van der Waals surface area contributed by atoms with E-state index in [2.05, 4.69) is 10.3 Å². The summed E-state index contributed by atoms with van der Waals surface area (Å²) < 4.78 is 5.68. The Morgan fingerprint density at radius 3 is 2.88 bits per heavy atom. The molecule has 0 saturated carbocycles. The molecule has 1 saturated heterocycles. The van der Waals surface area contributed by atoms with E-state index < -0.39 is 0 Å². The van der Waals surface area contributed by atoms with Crippen molar-refractivity contribution in [3.05, 3.63) is 23.0 Å². The predicted octanol–water partition coefficient (Wildman–Crippen LogP) is 2.81. The van der Waals surface area contributed by atoms with Gasteiger partial charge in [-0.05, 0) is 57.3 Å². The van der Waals surface area contributed by atoms with Gasteiger partial charge in [0, 0.05) is 5.69 Å². The van der Waals surface area contributed by atoms with Crippen LogP contribution in [-0.2, 0) is 0 Å². The molecule has 1 aromatic rings. The van der Waals surface area contributed by atoms with E-state index in [0.717, 1.165) is 37.7 Å². The van der Waals surface area contributed by atoms with Crippen molar-refractivity contribution in [3.63, 3.8) is 0 Å². The molecule has 0 aromatic carbocycles.